The lowest BCUT2D eigenvalue weighted by Crippen LogP contribution is -2.37. The van der Waals surface area contributed by atoms with Gasteiger partial charge in [-0.1, -0.05) is 18.2 Å². The quantitative estimate of drug-likeness (QED) is 0.792. The molecule has 0 bridgehead atoms. The van der Waals surface area contributed by atoms with Crippen LogP contribution in [-0.4, -0.2) is 31.5 Å². The van der Waals surface area contributed by atoms with Crippen LogP contribution in [0.5, 0.6) is 5.75 Å². The van der Waals surface area contributed by atoms with E-state index < -0.39 is 0 Å². The molecule has 0 aliphatic carbocycles. The van der Waals surface area contributed by atoms with Crippen LogP contribution in [0.2, 0.25) is 0 Å². The Hall–Kier alpha value is -3.33. The van der Waals surface area contributed by atoms with E-state index in [1.807, 2.05) is 36.4 Å². The van der Waals surface area contributed by atoms with Crippen LogP contribution in [0.3, 0.4) is 0 Å². The minimum Gasteiger partial charge on any atom is -0.493 e. The molecule has 0 aliphatic heterocycles. The number of benzene rings is 2. The van der Waals surface area contributed by atoms with E-state index in [-0.39, 0.29) is 18.2 Å². The maximum Gasteiger partial charge on any atom is 0.223 e. The molecule has 0 atom stereocenters. The van der Waals surface area contributed by atoms with E-state index >= 15 is 0 Å². The van der Waals surface area contributed by atoms with Gasteiger partial charge in [0.15, 0.2) is 0 Å². The monoisotopic (exact) mass is 351 g/mol. The van der Waals surface area contributed by atoms with Gasteiger partial charge in [0.1, 0.15) is 5.75 Å². The van der Waals surface area contributed by atoms with Crippen molar-refractivity contribution in [3.05, 3.63) is 60.2 Å². The largest absolute Gasteiger partial charge is 0.493 e. The third-order valence-electron chi connectivity index (χ3n) is 3.69. The molecule has 0 radical (unpaired) electrons. The summed E-state index contributed by atoms with van der Waals surface area (Å²) in [5.41, 5.74) is 1.22. The molecule has 6 nitrogen and oxygen atoms in total. The number of rotatable bonds is 8. The Morgan fingerprint density at radius 1 is 1.12 bits per heavy atom. The molecule has 0 aromatic heterocycles. The molecule has 0 saturated carbocycles. The highest BCUT2D eigenvalue weighted by molar-refractivity contribution is 5.91. The Balaban J connectivity index is 1.75. The van der Waals surface area contributed by atoms with Crippen LogP contribution in [0.4, 0.5) is 5.69 Å². The molecule has 0 fully saturated rings. The molecule has 2 rings (SSSR count). The highest BCUT2D eigenvalue weighted by Crippen LogP contribution is 2.15. The Kier molecular flexibility index (Phi) is 7.19. The zero-order valence-electron chi connectivity index (χ0n) is 14.6. The highest BCUT2D eigenvalue weighted by Gasteiger charge is 2.12. The summed E-state index contributed by atoms with van der Waals surface area (Å²) < 4.78 is 5.48. The van der Waals surface area contributed by atoms with Gasteiger partial charge in [0.05, 0.1) is 24.7 Å². The number of para-hydroxylation sites is 1. The average molecular weight is 351 g/mol. The van der Waals surface area contributed by atoms with E-state index in [9.17, 15) is 9.59 Å². The van der Waals surface area contributed by atoms with Gasteiger partial charge in [0.25, 0.3) is 0 Å². The molecule has 2 aromatic carbocycles. The van der Waals surface area contributed by atoms with Crippen LogP contribution < -0.4 is 15.0 Å². The number of carbonyl (C=O) groups excluding carboxylic acids is 2. The van der Waals surface area contributed by atoms with E-state index in [1.54, 1.807) is 29.2 Å². The molecule has 1 N–H and O–H groups in total. The number of hydrogen-bond donors (Lipinski definition) is 1. The van der Waals surface area contributed by atoms with Gasteiger partial charge in [-0.15, -0.1) is 0 Å². The lowest BCUT2D eigenvalue weighted by molar-refractivity contribution is -0.122. The summed E-state index contributed by atoms with van der Waals surface area (Å²) in [6.07, 6.45) is 0.242. The molecule has 6 heteroatoms. The Morgan fingerprint density at radius 2 is 1.81 bits per heavy atom. The minimum atomic E-state index is -0.135. The van der Waals surface area contributed by atoms with Crippen molar-refractivity contribution in [2.75, 3.05) is 24.6 Å². The minimum absolute atomic E-state index is 0.128. The van der Waals surface area contributed by atoms with Crippen molar-refractivity contribution >= 4 is 17.5 Å². The second-order valence-electron chi connectivity index (χ2n) is 5.59. The van der Waals surface area contributed by atoms with Crippen LogP contribution in [-0.2, 0) is 9.59 Å². The fourth-order valence-corrected chi connectivity index (χ4v) is 2.36. The fraction of sp³-hybridized carbons (Fsp3) is 0.250. The summed E-state index contributed by atoms with van der Waals surface area (Å²) >= 11 is 0. The van der Waals surface area contributed by atoms with E-state index in [0.29, 0.717) is 30.9 Å². The van der Waals surface area contributed by atoms with Gasteiger partial charge in [0.2, 0.25) is 11.8 Å². The maximum atomic E-state index is 11.9. The van der Waals surface area contributed by atoms with Gasteiger partial charge in [-0.25, -0.2) is 0 Å². The standard InChI is InChI=1S/C20H21N3O3/c1-16(24)23(18-9-7-17(15-21)8-10-18)13-12-22-20(25)11-14-26-19-5-3-2-4-6-19/h2-10H,11-14H2,1H3,(H,22,25). The lowest BCUT2D eigenvalue weighted by Gasteiger charge is -2.21. The number of ether oxygens (including phenoxy) is 1. The number of nitrogens with one attached hydrogen (secondary N) is 1. The van der Waals surface area contributed by atoms with E-state index in [2.05, 4.69) is 5.32 Å². The lowest BCUT2D eigenvalue weighted by atomic mass is 10.2. The number of nitrogens with zero attached hydrogens (tertiary/aromatic N) is 2. The summed E-state index contributed by atoms with van der Waals surface area (Å²) in [4.78, 5) is 25.3. The van der Waals surface area contributed by atoms with Gasteiger partial charge >= 0.3 is 0 Å². The summed E-state index contributed by atoms with van der Waals surface area (Å²) in [6.45, 7) is 2.45. The number of nitriles is 1. The summed E-state index contributed by atoms with van der Waals surface area (Å²) in [5, 5.41) is 11.6. The van der Waals surface area contributed by atoms with Gasteiger partial charge in [-0.05, 0) is 36.4 Å². The Bertz CT molecular complexity index is 767. The molecular weight excluding hydrogens is 330 g/mol. The van der Waals surface area contributed by atoms with Crippen molar-refractivity contribution in [1.82, 2.24) is 5.32 Å². The van der Waals surface area contributed by atoms with Gasteiger partial charge < -0.3 is 15.0 Å². The SMILES string of the molecule is CC(=O)N(CCNC(=O)CCOc1ccccc1)c1ccc(C#N)cc1. The van der Waals surface area contributed by atoms with Crippen LogP contribution in [0.25, 0.3) is 0 Å². The zero-order valence-corrected chi connectivity index (χ0v) is 14.6. The normalized spacial score (nSPS) is 9.85. The van der Waals surface area contributed by atoms with Crippen LogP contribution in [0.1, 0.15) is 18.9 Å². The number of carbonyl (C=O) groups is 2. The molecule has 0 saturated heterocycles. The Morgan fingerprint density at radius 3 is 2.42 bits per heavy atom. The predicted molar refractivity (Wildman–Crippen MR) is 98.7 cm³/mol. The van der Waals surface area contributed by atoms with Crippen LogP contribution in [0.15, 0.2) is 54.6 Å². The molecular formula is C20H21N3O3. The van der Waals surface area contributed by atoms with E-state index in [4.69, 9.17) is 10.00 Å². The molecule has 0 heterocycles. The summed E-state index contributed by atoms with van der Waals surface area (Å²) in [6, 6.07) is 18.1. The predicted octanol–water partition coefficient (Wildman–Crippen LogP) is 2.50. The third kappa shape index (κ3) is 5.95. The van der Waals surface area contributed by atoms with Crippen molar-refractivity contribution in [2.24, 2.45) is 0 Å². The second kappa shape index (κ2) is 9.84. The Labute approximate surface area is 153 Å². The number of hydrogen-bond acceptors (Lipinski definition) is 4. The first-order chi connectivity index (χ1) is 12.6. The number of amides is 2. The van der Waals surface area contributed by atoms with E-state index in [0.717, 1.165) is 5.75 Å². The molecule has 0 spiro atoms. The summed E-state index contributed by atoms with van der Waals surface area (Å²) in [7, 11) is 0. The average Bonchev–Trinajstić information content (AvgIpc) is 2.66. The van der Waals surface area contributed by atoms with Gasteiger partial charge in [-0.2, -0.15) is 5.26 Å². The maximum absolute atomic E-state index is 11.9. The molecule has 0 unspecified atom stereocenters. The highest BCUT2D eigenvalue weighted by atomic mass is 16.5. The zero-order chi connectivity index (χ0) is 18.8. The first kappa shape index (κ1) is 19.0. The molecule has 2 aromatic rings. The van der Waals surface area contributed by atoms with Crippen molar-refractivity contribution in [3.63, 3.8) is 0 Å². The second-order valence-corrected chi connectivity index (χ2v) is 5.59. The van der Waals surface area contributed by atoms with Crippen molar-refractivity contribution in [2.45, 2.75) is 13.3 Å². The smallest absolute Gasteiger partial charge is 0.223 e. The number of anilines is 1. The molecule has 134 valence electrons. The molecule has 2 amide bonds. The first-order valence-electron chi connectivity index (χ1n) is 8.33. The van der Waals surface area contributed by atoms with E-state index in [1.165, 1.54) is 6.92 Å². The van der Waals surface area contributed by atoms with Crippen molar-refractivity contribution in [3.8, 4) is 11.8 Å². The van der Waals surface area contributed by atoms with Crippen LogP contribution in [0, 0.1) is 11.3 Å². The summed E-state index contributed by atoms with van der Waals surface area (Å²) in [5.74, 6) is 0.462. The van der Waals surface area contributed by atoms with Crippen LogP contribution >= 0.6 is 0 Å². The van der Waals surface area contributed by atoms with Gasteiger partial charge in [-0.3, -0.25) is 9.59 Å². The van der Waals surface area contributed by atoms with Gasteiger partial charge in [0, 0.05) is 25.7 Å². The molecule has 26 heavy (non-hydrogen) atoms. The fourth-order valence-electron chi connectivity index (χ4n) is 2.36. The van der Waals surface area contributed by atoms with Crippen molar-refractivity contribution in [1.29, 1.82) is 5.26 Å². The third-order valence-corrected chi connectivity index (χ3v) is 3.69. The molecule has 0 aliphatic rings. The topological polar surface area (TPSA) is 82.4 Å². The first-order valence-corrected chi connectivity index (χ1v) is 8.33. The van der Waals surface area contributed by atoms with Crippen molar-refractivity contribution < 1.29 is 14.3 Å².